The monoisotopic (exact) mass is 287 g/mol. The molecule has 0 aliphatic rings. The number of aromatic nitrogens is 2. The Morgan fingerprint density at radius 2 is 2.00 bits per heavy atom. The first kappa shape index (κ1) is 12.8. The van der Waals surface area contributed by atoms with E-state index in [1.807, 2.05) is 47.0 Å². The Balaban J connectivity index is 2.13. The van der Waals surface area contributed by atoms with Gasteiger partial charge < -0.3 is 15.0 Å². The van der Waals surface area contributed by atoms with Gasteiger partial charge in [-0.2, -0.15) is 0 Å². The third kappa shape index (κ3) is 2.08. The van der Waals surface area contributed by atoms with E-state index in [0.29, 0.717) is 17.5 Å². The van der Waals surface area contributed by atoms with Crippen molar-refractivity contribution in [3.63, 3.8) is 0 Å². The molecule has 3 rings (SSSR count). The molecule has 0 aliphatic heterocycles. The van der Waals surface area contributed by atoms with E-state index in [-0.39, 0.29) is 0 Å². The minimum atomic E-state index is 0.444. The normalized spacial score (nSPS) is 10.9. The molecule has 1 heterocycles. The standard InChI is InChI=1S/C15H14ClN3O/c1-20-13-8-3-2-5-10(13)9-19-14-11(16)6-4-7-12(14)18-15(19)17/h2-8H,9H2,1H3,(H2,17,18). The van der Waals surface area contributed by atoms with Crippen molar-refractivity contribution >= 4 is 28.6 Å². The zero-order chi connectivity index (χ0) is 14.1. The van der Waals surface area contributed by atoms with E-state index in [2.05, 4.69) is 4.98 Å². The smallest absolute Gasteiger partial charge is 0.201 e. The van der Waals surface area contributed by atoms with E-state index in [9.17, 15) is 0 Å². The summed E-state index contributed by atoms with van der Waals surface area (Å²) in [4.78, 5) is 4.34. The van der Waals surface area contributed by atoms with Gasteiger partial charge in [-0.15, -0.1) is 0 Å². The van der Waals surface area contributed by atoms with Gasteiger partial charge in [0.05, 0.1) is 29.7 Å². The first-order chi connectivity index (χ1) is 9.70. The maximum Gasteiger partial charge on any atom is 0.201 e. The van der Waals surface area contributed by atoms with Crippen LogP contribution in [0.4, 0.5) is 5.95 Å². The average Bonchev–Trinajstić information content (AvgIpc) is 2.77. The third-order valence-corrected chi connectivity index (χ3v) is 3.57. The van der Waals surface area contributed by atoms with Crippen molar-refractivity contribution in [2.75, 3.05) is 12.8 Å². The lowest BCUT2D eigenvalue weighted by atomic mass is 10.2. The van der Waals surface area contributed by atoms with Crippen LogP contribution in [0, 0.1) is 0 Å². The van der Waals surface area contributed by atoms with E-state index in [4.69, 9.17) is 22.1 Å². The Hall–Kier alpha value is -2.20. The Morgan fingerprint density at radius 3 is 2.80 bits per heavy atom. The number of rotatable bonds is 3. The molecule has 4 nitrogen and oxygen atoms in total. The van der Waals surface area contributed by atoms with E-state index in [0.717, 1.165) is 22.3 Å². The van der Waals surface area contributed by atoms with Crippen LogP contribution in [0.2, 0.25) is 5.02 Å². The molecule has 2 aromatic carbocycles. The molecule has 1 aromatic heterocycles. The number of nitrogens with zero attached hydrogens (tertiary/aromatic N) is 2. The second-order valence-corrected chi connectivity index (χ2v) is 4.88. The number of hydrogen-bond acceptors (Lipinski definition) is 3. The lowest BCUT2D eigenvalue weighted by Gasteiger charge is -2.11. The van der Waals surface area contributed by atoms with Crippen LogP contribution >= 0.6 is 11.6 Å². The van der Waals surface area contributed by atoms with Gasteiger partial charge in [-0.1, -0.05) is 35.9 Å². The molecule has 3 aromatic rings. The molecule has 0 amide bonds. The number of halogens is 1. The summed E-state index contributed by atoms with van der Waals surface area (Å²) in [5, 5.41) is 0.640. The summed E-state index contributed by atoms with van der Waals surface area (Å²) < 4.78 is 7.27. The first-order valence-corrected chi connectivity index (χ1v) is 6.60. The summed E-state index contributed by atoms with van der Waals surface area (Å²) in [5.41, 5.74) is 8.68. The molecular formula is C15H14ClN3O. The van der Waals surface area contributed by atoms with Gasteiger partial charge in [0.1, 0.15) is 5.75 Å². The number of methoxy groups -OCH3 is 1. The lowest BCUT2D eigenvalue weighted by Crippen LogP contribution is -2.06. The lowest BCUT2D eigenvalue weighted by molar-refractivity contribution is 0.408. The number of nitrogens with two attached hydrogens (primary N) is 1. The van der Waals surface area contributed by atoms with Gasteiger partial charge >= 0.3 is 0 Å². The van der Waals surface area contributed by atoms with E-state index in [1.54, 1.807) is 7.11 Å². The van der Waals surface area contributed by atoms with Crippen LogP contribution in [0.15, 0.2) is 42.5 Å². The fourth-order valence-electron chi connectivity index (χ4n) is 2.32. The Bertz CT molecular complexity index is 767. The number of benzene rings is 2. The number of hydrogen-bond donors (Lipinski definition) is 1. The number of anilines is 1. The first-order valence-electron chi connectivity index (χ1n) is 6.23. The fraction of sp³-hybridized carbons (Fsp3) is 0.133. The Morgan fingerprint density at radius 1 is 1.20 bits per heavy atom. The van der Waals surface area contributed by atoms with Crippen LogP contribution in [0.5, 0.6) is 5.75 Å². The highest BCUT2D eigenvalue weighted by Crippen LogP contribution is 2.28. The van der Waals surface area contributed by atoms with Crippen molar-refractivity contribution < 1.29 is 4.74 Å². The van der Waals surface area contributed by atoms with E-state index in [1.165, 1.54) is 0 Å². The van der Waals surface area contributed by atoms with Crippen LogP contribution < -0.4 is 10.5 Å². The van der Waals surface area contributed by atoms with Gasteiger partial charge in [0.25, 0.3) is 0 Å². The molecule has 2 N–H and O–H groups in total. The molecule has 0 fully saturated rings. The number of fused-ring (bicyclic) bond motifs is 1. The second-order valence-electron chi connectivity index (χ2n) is 4.48. The van der Waals surface area contributed by atoms with Crippen LogP contribution in [0.25, 0.3) is 11.0 Å². The summed E-state index contributed by atoms with van der Waals surface area (Å²) in [6.07, 6.45) is 0. The predicted molar refractivity (Wildman–Crippen MR) is 81.3 cm³/mol. The summed E-state index contributed by atoms with van der Waals surface area (Å²) in [5.74, 6) is 1.26. The number of nitrogen functional groups attached to an aromatic ring is 1. The van der Waals surface area contributed by atoms with E-state index < -0.39 is 0 Å². The third-order valence-electron chi connectivity index (χ3n) is 3.27. The maximum atomic E-state index is 6.27. The minimum Gasteiger partial charge on any atom is -0.496 e. The van der Waals surface area contributed by atoms with Crippen molar-refractivity contribution in [2.45, 2.75) is 6.54 Å². The zero-order valence-corrected chi connectivity index (χ0v) is 11.8. The molecule has 0 bridgehead atoms. The maximum absolute atomic E-state index is 6.27. The number of imidazole rings is 1. The van der Waals surface area contributed by atoms with Crippen LogP contribution in [-0.4, -0.2) is 16.7 Å². The summed E-state index contributed by atoms with van der Waals surface area (Å²) >= 11 is 6.27. The predicted octanol–water partition coefficient (Wildman–Crippen LogP) is 3.33. The molecule has 0 saturated carbocycles. The van der Waals surface area contributed by atoms with Crippen LogP contribution in [-0.2, 0) is 6.54 Å². The van der Waals surface area contributed by atoms with Gasteiger partial charge in [0.2, 0.25) is 5.95 Å². The van der Waals surface area contributed by atoms with Gasteiger partial charge in [0.15, 0.2) is 0 Å². The summed E-state index contributed by atoms with van der Waals surface area (Å²) in [6, 6.07) is 13.4. The van der Waals surface area contributed by atoms with Crippen molar-refractivity contribution in [1.29, 1.82) is 0 Å². The molecular weight excluding hydrogens is 274 g/mol. The van der Waals surface area contributed by atoms with Gasteiger partial charge in [-0.3, -0.25) is 0 Å². The largest absolute Gasteiger partial charge is 0.496 e. The topological polar surface area (TPSA) is 53.1 Å². The summed E-state index contributed by atoms with van der Waals surface area (Å²) in [7, 11) is 1.65. The molecule has 5 heteroatoms. The molecule has 0 spiro atoms. The fourth-order valence-corrected chi connectivity index (χ4v) is 2.60. The van der Waals surface area contributed by atoms with Gasteiger partial charge in [-0.25, -0.2) is 4.98 Å². The zero-order valence-electron chi connectivity index (χ0n) is 11.0. The molecule has 0 aliphatic carbocycles. The van der Waals surface area contributed by atoms with Gasteiger partial charge in [-0.05, 0) is 18.2 Å². The molecule has 0 saturated heterocycles. The molecule has 0 atom stereocenters. The van der Waals surface area contributed by atoms with Gasteiger partial charge in [0, 0.05) is 5.56 Å². The average molecular weight is 288 g/mol. The number of para-hydroxylation sites is 2. The number of ether oxygens (including phenoxy) is 1. The highest BCUT2D eigenvalue weighted by Gasteiger charge is 2.13. The highest BCUT2D eigenvalue weighted by atomic mass is 35.5. The second kappa shape index (κ2) is 5.06. The molecule has 0 radical (unpaired) electrons. The SMILES string of the molecule is COc1ccccc1Cn1c(N)nc2cccc(Cl)c21. The summed E-state index contributed by atoms with van der Waals surface area (Å²) in [6.45, 7) is 0.566. The van der Waals surface area contributed by atoms with Crippen molar-refractivity contribution in [3.05, 3.63) is 53.1 Å². The van der Waals surface area contributed by atoms with Crippen LogP contribution in [0.3, 0.4) is 0 Å². The Labute approximate surface area is 121 Å². The van der Waals surface area contributed by atoms with Crippen molar-refractivity contribution in [1.82, 2.24) is 9.55 Å². The van der Waals surface area contributed by atoms with E-state index >= 15 is 0 Å². The van der Waals surface area contributed by atoms with Crippen molar-refractivity contribution in [2.24, 2.45) is 0 Å². The molecule has 20 heavy (non-hydrogen) atoms. The Kier molecular flexibility index (Phi) is 3.24. The van der Waals surface area contributed by atoms with Crippen molar-refractivity contribution in [3.8, 4) is 5.75 Å². The molecule has 0 unspecified atom stereocenters. The van der Waals surface area contributed by atoms with Crippen LogP contribution in [0.1, 0.15) is 5.56 Å². The molecule has 102 valence electrons. The minimum absolute atomic E-state index is 0.444. The quantitative estimate of drug-likeness (QED) is 0.804. The highest BCUT2D eigenvalue weighted by molar-refractivity contribution is 6.35.